The van der Waals surface area contributed by atoms with E-state index >= 15 is 0 Å². The second kappa shape index (κ2) is 12.1. The Hall–Kier alpha value is -2.87. The molecular formula is C31H44BN5O6S. The van der Waals surface area contributed by atoms with Crippen molar-refractivity contribution < 1.29 is 27.3 Å². The van der Waals surface area contributed by atoms with E-state index in [-0.39, 0.29) is 11.1 Å². The van der Waals surface area contributed by atoms with Gasteiger partial charge >= 0.3 is 7.12 Å². The summed E-state index contributed by atoms with van der Waals surface area (Å²) >= 11 is 0. The molecule has 44 heavy (non-hydrogen) atoms. The molecule has 13 heteroatoms. The van der Waals surface area contributed by atoms with Crippen molar-refractivity contribution in [1.29, 1.82) is 0 Å². The summed E-state index contributed by atoms with van der Waals surface area (Å²) in [5, 5.41) is 5.60. The van der Waals surface area contributed by atoms with E-state index in [1.54, 1.807) is 0 Å². The van der Waals surface area contributed by atoms with E-state index in [1.807, 2.05) is 18.2 Å². The third kappa shape index (κ3) is 6.16. The molecule has 1 aliphatic heterocycles. The minimum Gasteiger partial charge on any atom is -0.402 e. The maximum Gasteiger partial charge on any atom is 0.481 e. The van der Waals surface area contributed by atoms with Crippen LogP contribution in [0.25, 0.3) is 0 Å². The summed E-state index contributed by atoms with van der Waals surface area (Å²) in [6.45, 7) is 8.83. The Morgan fingerprint density at radius 1 is 1.09 bits per heavy atom. The van der Waals surface area contributed by atoms with Crippen LogP contribution in [0.1, 0.15) is 69.4 Å². The Kier molecular flexibility index (Phi) is 8.98. The number of benzene rings is 1. The molecule has 3 saturated carbocycles. The van der Waals surface area contributed by atoms with E-state index in [1.165, 1.54) is 38.2 Å². The van der Waals surface area contributed by atoms with Crippen molar-refractivity contribution >= 4 is 29.0 Å². The topological polar surface area (TPSA) is 140 Å². The molecule has 1 unspecified atom stereocenters. The highest BCUT2D eigenvalue weighted by molar-refractivity contribution is 7.89. The SMILES string of the molecule is CN(C)S(=O)(=O)CC(NC(=O)c1cnccn1)C(=O)N[C@@H](CCCc1ccccc1)B1O[C@]2(C)C[C@@H]3C[C@@H](C3(C)C)[C@]2(C)O1. The number of carbonyl (C=O) groups is 2. The molecule has 2 N–H and O–H groups in total. The van der Waals surface area contributed by atoms with Gasteiger partial charge in [-0.2, -0.15) is 0 Å². The van der Waals surface area contributed by atoms with E-state index in [2.05, 4.69) is 60.4 Å². The molecule has 6 atom stereocenters. The quantitative estimate of drug-likeness (QED) is 0.344. The summed E-state index contributed by atoms with van der Waals surface area (Å²) in [6.07, 6.45) is 8.02. The van der Waals surface area contributed by atoms with E-state index < -0.39 is 57.9 Å². The molecule has 1 aromatic carbocycles. The fraction of sp³-hybridized carbons (Fsp3) is 0.613. The van der Waals surface area contributed by atoms with E-state index in [4.69, 9.17) is 9.31 Å². The third-order valence-electron chi connectivity index (χ3n) is 10.4. The van der Waals surface area contributed by atoms with Crippen molar-refractivity contribution in [3.05, 3.63) is 60.2 Å². The lowest BCUT2D eigenvalue weighted by molar-refractivity contribution is -0.235. The zero-order chi connectivity index (χ0) is 31.9. The predicted molar refractivity (Wildman–Crippen MR) is 167 cm³/mol. The number of carbonyl (C=O) groups excluding carboxylic acids is 2. The van der Waals surface area contributed by atoms with Crippen molar-refractivity contribution in [3.63, 3.8) is 0 Å². The Morgan fingerprint density at radius 3 is 2.45 bits per heavy atom. The standard InChI is InChI=1S/C31H44BN5O6S/c1-29(2)22-17-25(29)31(4)30(3,18-22)42-32(43-31)26(14-10-13-21-11-8-7-9-12-21)36-28(39)24(20-44(40,41)37(5)6)35-27(38)23-19-33-15-16-34-23/h7-9,11-12,15-16,19,22,24-26H,10,13-14,17-18,20H2,1-6H3,(H,35,38)(H,36,39)/t22-,24?,25-,26-,30+,31-/m0/s1. The van der Waals surface area contributed by atoms with Gasteiger partial charge in [0.25, 0.3) is 5.91 Å². The van der Waals surface area contributed by atoms with Crippen LogP contribution >= 0.6 is 0 Å². The molecule has 2 heterocycles. The van der Waals surface area contributed by atoms with Crippen molar-refractivity contribution in [3.8, 4) is 0 Å². The fourth-order valence-electron chi connectivity index (χ4n) is 7.32. The van der Waals surface area contributed by atoms with Crippen LogP contribution in [0.5, 0.6) is 0 Å². The maximum absolute atomic E-state index is 13.9. The van der Waals surface area contributed by atoms with Crippen LogP contribution in [-0.2, 0) is 30.5 Å². The number of aryl methyl sites for hydroxylation is 1. The average molecular weight is 626 g/mol. The lowest BCUT2D eigenvalue weighted by Crippen LogP contribution is -2.70. The molecule has 0 spiro atoms. The molecule has 2 bridgehead atoms. The Labute approximate surface area is 261 Å². The van der Waals surface area contributed by atoms with Gasteiger partial charge in [0.1, 0.15) is 11.7 Å². The van der Waals surface area contributed by atoms with Crippen LogP contribution in [0.4, 0.5) is 0 Å². The fourth-order valence-corrected chi connectivity index (χ4v) is 8.27. The second-order valence-corrected chi connectivity index (χ2v) is 15.9. The van der Waals surface area contributed by atoms with Gasteiger partial charge in [-0.15, -0.1) is 0 Å². The van der Waals surface area contributed by atoms with Crippen LogP contribution < -0.4 is 10.6 Å². The van der Waals surface area contributed by atoms with Crippen LogP contribution in [-0.4, -0.2) is 84.7 Å². The first-order chi connectivity index (χ1) is 20.7. The van der Waals surface area contributed by atoms with Gasteiger partial charge < -0.3 is 19.9 Å². The number of amides is 2. The lowest BCUT2D eigenvalue weighted by atomic mass is 9.41. The van der Waals surface area contributed by atoms with Crippen molar-refractivity contribution in [2.45, 2.75) is 83.0 Å². The Morgan fingerprint density at radius 2 is 1.82 bits per heavy atom. The zero-order valence-corrected chi connectivity index (χ0v) is 27.3. The molecule has 6 rings (SSSR count). The van der Waals surface area contributed by atoms with Crippen LogP contribution in [0.3, 0.4) is 0 Å². The van der Waals surface area contributed by atoms with Crippen LogP contribution in [0.2, 0.25) is 0 Å². The molecule has 11 nitrogen and oxygen atoms in total. The van der Waals surface area contributed by atoms with Gasteiger partial charge in [0, 0.05) is 26.5 Å². The normalized spacial score (nSPS) is 28.5. The number of hydrogen-bond donors (Lipinski definition) is 2. The number of aromatic nitrogens is 2. The number of rotatable bonds is 12. The third-order valence-corrected chi connectivity index (χ3v) is 12.3. The summed E-state index contributed by atoms with van der Waals surface area (Å²) in [7, 11) is -1.83. The van der Waals surface area contributed by atoms with Gasteiger partial charge in [-0.1, -0.05) is 44.2 Å². The smallest absolute Gasteiger partial charge is 0.402 e. The minimum absolute atomic E-state index is 0.0269. The van der Waals surface area contributed by atoms with Gasteiger partial charge in [-0.05, 0) is 68.8 Å². The molecule has 238 valence electrons. The molecule has 0 radical (unpaired) electrons. The van der Waals surface area contributed by atoms with E-state index in [0.29, 0.717) is 18.3 Å². The van der Waals surface area contributed by atoms with Crippen molar-refractivity contribution in [1.82, 2.24) is 24.9 Å². The molecule has 3 aliphatic carbocycles. The number of hydrogen-bond acceptors (Lipinski definition) is 8. The zero-order valence-electron chi connectivity index (χ0n) is 26.4. The van der Waals surface area contributed by atoms with Crippen LogP contribution in [0, 0.1) is 17.3 Å². The summed E-state index contributed by atoms with van der Waals surface area (Å²) in [5.74, 6) is -1.70. The van der Waals surface area contributed by atoms with Gasteiger partial charge in [0.2, 0.25) is 15.9 Å². The summed E-state index contributed by atoms with van der Waals surface area (Å²) in [6, 6.07) is 8.69. The Balaban J connectivity index is 1.38. The first kappa shape index (κ1) is 32.5. The van der Waals surface area contributed by atoms with Gasteiger partial charge in [-0.25, -0.2) is 17.7 Å². The summed E-state index contributed by atoms with van der Waals surface area (Å²) < 4.78 is 40.4. The molecule has 4 aliphatic rings. The average Bonchev–Trinajstić information content (AvgIpc) is 3.27. The first-order valence-corrected chi connectivity index (χ1v) is 16.9. The Bertz CT molecular complexity index is 1460. The molecule has 4 fully saturated rings. The van der Waals surface area contributed by atoms with Crippen molar-refractivity contribution in [2.24, 2.45) is 17.3 Å². The second-order valence-electron chi connectivity index (χ2n) is 13.6. The number of nitrogens with one attached hydrogen (secondary N) is 2. The molecular weight excluding hydrogens is 581 g/mol. The van der Waals surface area contributed by atoms with E-state index in [0.717, 1.165) is 30.0 Å². The molecule has 2 aromatic rings. The largest absolute Gasteiger partial charge is 0.481 e. The lowest BCUT2D eigenvalue weighted by Gasteiger charge is -2.67. The molecule has 1 aromatic heterocycles. The highest BCUT2D eigenvalue weighted by Gasteiger charge is 2.73. The predicted octanol–water partition coefficient (Wildman–Crippen LogP) is 2.63. The van der Waals surface area contributed by atoms with Gasteiger partial charge in [-0.3, -0.25) is 14.6 Å². The van der Waals surface area contributed by atoms with Crippen molar-refractivity contribution in [2.75, 3.05) is 19.8 Å². The van der Waals surface area contributed by atoms with E-state index in [9.17, 15) is 18.0 Å². The highest BCUT2D eigenvalue weighted by Crippen LogP contribution is 2.69. The van der Waals surface area contributed by atoms with Gasteiger partial charge in [0.15, 0.2) is 0 Å². The number of sulfonamides is 1. The minimum atomic E-state index is -3.87. The highest BCUT2D eigenvalue weighted by atomic mass is 32.2. The first-order valence-electron chi connectivity index (χ1n) is 15.3. The summed E-state index contributed by atoms with van der Waals surface area (Å²) in [4.78, 5) is 34.8. The maximum atomic E-state index is 13.9. The van der Waals surface area contributed by atoms with Crippen LogP contribution in [0.15, 0.2) is 48.9 Å². The molecule has 1 saturated heterocycles. The van der Waals surface area contributed by atoms with Gasteiger partial charge in [0.05, 0.1) is 29.1 Å². The molecule has 2 amide bonds. The number of nitrogens with zero attached hydrogens (tertiary/aromatic N) is 3. The summed E-state index contributed by atoms with van der Waals surface area (Å²) in [5.41, 5.74) is 0.228. The monoisotopic (exact) mass is 625 g/mol.